The van der Waals surface area contributed by atoms with Gasteiger partial charge < -0.3 is 19.5 Å². The number of carbonyl (C=O) groups is 2. The van der Waals surface area contributed by atoms with Gasteiger partial charge in [0, 0.05) is 33.4 Å². The van der Waals surface area contributed by atoms with Crippen LogP contribution >= 0.6 is 15.9 Å². The summed E-state index contributed by atoms with van der Waals surface area (Å²) in [5.74, 6) is -0.431. The number of carbonyl (C=O) groups excluding carboxylic acids is 2. The topological polar surface area (TPSA) is 65.8 Å². The van der Waals surface area contributed by atoms with Crippen LogP contribution < -0.4 is 10.2 Å². The van der Waals surface area contributed by atoms with Gasteiger partial charge in [0.2, 0.25) is 5.91 Å². The van der Waals surface area contributed by atoms with Crippen molar-refractivity contribution < 1.29 is 14.0 Å². The minimum Gasteiger partial charge on any atom is -0.444 e. The number of hydrogen-bond acceptors (Lipinski definition) is 4. The van der Waals surface area contributed by atoms with Crippen molar-refractivity contribution in [3.63, 3.8) is 0 Å². The van der Waals surface area contributed by atoms with Crippen molar-refractivity contribution in [3.8, 4) is 0 Å². The Kier molecular flexibility index (Phi) is 6.03. The molecule has 0 aliphatic heterocycles. The number of likely N-dealkylation sites (N-methyl/N-ethyl adjacent to an activating group) is 1. The molecule has 1 aromatic carbocycles. The maximum absolute atomic E-state index is 12.1. The van der Waals surface area contributed by atoms with E-state index in [2.05, 4.69) is 21.2 Å². The highest BCUT2D eigenvalue weighted by Crippen LogP contribution is 2.14. The first kappa shape index (κ1) is 18.1. The van der Waals surface area contributed by atoms with Crippen LogP contribution in [0.15, 0.2) is 45.5 Å². The molecule has 0 aliphatic rings. The average Bonchev–Trinajstić information content (AvgIpc) is 2.99. The molecule has 0 bridgehead atoms. The van der Waals surface area contributed by atoms with Crippen LogP contribution in [0.3, 0.4) is 0 Å². The number of amides is 2. The Balaban J connectivity index is 1.84. The second-order valence-corrected chi connectivity index (χ2v) is 6.38. The van der Waals surface area contributed by atoms with Gasteiger partial charge in [-0.25, -0.2) is 0 Å². The number of furan rings is 1. The van der Waals surface area contributed by atoms with Gasteiger partial charge in [-0.15, -0.1) is 0 Å². The lowest BCUT2D eigenvalue weighted by atomic mass is 10.2. The van der Waals surface area contributed by atoms with Gasteiger partial charge in [-0.1, -0.05) is 12.1 Å². The minimum atomic E-state index is -0.419. The molecule has 6 nitrogen and oxygen atoms in total. The summed E-state index contributed by atoms with van der Waals surface area (Å²) in [6.07, 6.45) is 0. The third-order valence-corrected chi connectivity index (χ3v) is 3.92. The lowest BCUT2D eigenvalue weighted by Gasteiger charge is -2.18. The predicted molar refractivity (Wildman–Crippen MR) is 96.0 cm³/mol. The van der Waals surface area contributed by atoms with Crippen molar-refractivity contribution in [2.24, 2.45) is 0 Å². The number of benzene rings is 1. The molecule has 2 amide bonds. The van der Waals surface area contributed by atoms with Crippen LogP contribution in [0.2, 0.25) is 0 Å². The normalized spacial score (nSPS) is 10.3. The standard InChI is InChI=1S/C17H20BrN3O3/c1-20(2)13-6-4-12(5-7-13)11-21(3)16(22)10-19-17(23)14-8-9-15(18)24-14/h4-9H,10-11H2,1-3H3,(H,19,23). The van der Waals surface area contributed by atoms with E-state index in [0.717, 1.165) is 11.3 Å². The molecule has 1 N–H and O–H groups in total. The van der Waals surface area contributed by atoms with E-state index in [4.69, 9.17) is 4.42 Å². The zero-order valence-corrected chi connectivity index (χ0v) is 15.5. The summed E-state index contributed by atoms with van der Waals surface area (Å²) in [5.41, 5.74) is 2.13. The fourth-order valence-electron chi connectivity index (χ4n) is 2.08. The zero-order valence-electron chi connectivity index (χ0n) is 13.9. The average molecular weight is 394 g/mol. The van der Waals surface area contributed by atoms with E-state index in [-0.39, 0.29) is 18.2 Å². The van der Waals surface area contributed by atoms with Crippen molar-refractivity contribution in [1.29, 1.82) is 0 Å². The first-order valence-corrected chi connectivity index (χ1v) is 8.20. The van der Waals surface area contributed by atoms with Crippen LogP contribution in [0.25, 0.3) is 0 Å². The summed E-state index contributed by atoms with van der Waals surface area (Å²) >= 11 is 3.13. The fourth-order valence-corrected chi connectivity index (χ4v) is 2.38. The number of rotatable bonds is 6. The highest BCUT2D eigenvalue weighted by Gasteiger charge is 2.14. The Bertz CT molecular complexity index is 710. The monoisotopic (exact) mass is 393 g/mol. The molecule has 128 valence electrons. The molecule has 0 unspecified atom stereocenters. The van der Waals surface area contributed by atoms with Crippen LogP contribution in [0, 0.1) is 0 Å². The maximum atomic E-state index is 12.1. The van der Waals surface area contributed by atoms with Gasteiger partial charge in [-0.05, 0) is 45.8 Å². The minimum absolute atomic E-state index is 0.0799. The Morgan fingerprint density at radius 3 is 2.29 bits per heavy atom. The summed E-state index contributed by atoms with van der Waals surface area (Å²) in [6, 6.07) is 11.1. The summed E-state index contributed by atoms with van der Waals surface area (Å²) in [7, 11) is 5.66. The van der Waals surface area contributed by atoms with Gasteiger partial charge in [0.15, 0.2) is 10.4 Å². The van der Waals surface area contributed by atoms with E-state index >= 15 is 0 Å². The van der Waals surface area contributed by atoms with Crippen molar-refractivity contribution in [2.75, 3.05) is 32.6 Å². The highest BCUT2D eigenvalue weighted by atomic mass is 79.9. The number of anilines is 1. The molecule has 2 aromatic rings. The molecule has 0 fully saturated rings. The molecule has 7 heteroatoms. The maximum Gasteiger partial charge on any atom is 0.287 e. The van der Waals surface area contributed by atoms with Gasteiger partial charge >= 0.3 is 0 Å². The molecule has 2 rings (SSSR count). The Labute approximate surface area is 149 Å². The molecule has 1 heterocycles. The Hall–Kier alpha value is -2.28. The van der Waals surface area contributed by atoms with Crippen molar-refractivity contribution in [1.82, 2.24) is 10.2 Å². The predicted octanol–water partition coefficient (Wildman–Crippen LogP) is 2.50. The fraction of sp³-hybridized carbons (Fsp3) is 0.294. The summed E-state index contributed by atoms with van der Waals surface area (Å²) in [5, 5.41) is 2.55. The van der Waals surface area contributed by atoms with Gasteiger partial charge in [0.05, 0.1) is 6.54 Å². The third kappa shape index (κ3) is 4.86. The molecule has 1 aromatic heterocycles. The third-order valence-electron chi connectivity index (χ3n) is 3.50. The first-order chi connectivity index (χ1) is 11.4. The summed E-state index contributed by atoms with van der Waals surface area (Å²) in [6.45, 7) is 0.401. The summed E-state index contributed by atoms with van der Waals surface area (Å²) in [4.78, 5) is 27.6. The molecule has 0 spiro atoms. The van der Waals surface area contributed by atoms with Crippen LogP contribution in [0.4, 0.5) is 5.69 Å². The van der Waals surface area contributed by atoms with Crippen LogP contribution in [0.5, 0.6) is 0 Å². The van der Waals surface area contributed by atoms with E-state index in [1.54, 1.807) is 24.1 Å². The molecule has 0 aliphatic carbocycles. The van der Waals surface area contributed by atoms with E-state index < -0.39 is 5.91 Å². The van der Waals surface area contributed by atoms with E-state index in [1.165, 1.54) is 0 Å². The van der Waals surface area contributed by atoms with Crippen molar-refractivity contribution in [3.05, 3.63) is 52.4 Å². The SMILES string of the molecule is CN(Cc1ccc(N(C)C)cc1)C(=O)CNC(=O)c1ccc(Br)o1. The van der Waals surface area contributed by atoms with E-state index in [0.29, 0.717) is 11.2 Å². The highest BCUT2D eigenvalue weighted by molar-refractivity contribution is 9.10. The first-order valence-electron chi connectivity index (χ1n) is 7.40. The van der Waals surface area contributed by atoms with Crippen LogP contribution in [0.1, 0.15) is 16.1 Å². The number of nitrogens with one attached hydrogen (secondary N) is 1. The van der Waals surface area contributed by atoms with Crippen molar-refractivity contribution >= 4 is 33.4 Å². The van der Waals surface area contributed by atoms with E-state index in [9.17, 15) is 9.59 Å². The van der Waals surface area contributed by atoms with Crippen LogP contribution in [-0.2, 0) is 11.3 Å². The lowest BCUT2D eigenvalue weighted by Crippen LogP contribution is -2.37. The molecule has 0 saturated carbocycles. The lowest BCUT2D eigenvalue weighted by molar-refractivity contribution is -0.129. The van der Waals surface area contributed by atoms with Crippen LogP contribution in [-0.4, -0.2) is 44.4 Å². The smallest absolute Gasteiger partial charge is 0.287 e. The molecule has 0 atom stereocenters. The van der Waals surface area contributed by atoms with Gasteiger partial charge in [-0.3, -0.25) is 9.59 Å². The Morgan fingerprint density at radius 1 is 1.08 bits per heavy atom. The number of hydrogen-bond donors (Lipinski definition) is 1. The van der Waals surface area contributed by atoms with Gasteiger partial charge in [-0.2, -0.15) is 0 Å². The second kappa shape index (κ2) is 8.01. The molecule has 24 heavy (non-hydrogen) atoms. The van der Waals surface area contributed by atoms with E-state index in [1.807, 2.05) is 43.3 Å². The van der Waals surface area contributed by atoms with Crippen molar-refractivity contribution in [2.45, 2.75) is 6.54 Å². The second-order valence-electron chi connectivity index (χ2n) is 5.60. The molecule has 0 radical (unpaired) electrons. The van der Waals surface area contributed by atoms with Gasteiger partial charge in [0.1, 0.15) is 0 Å². The molecular weight excluding hydrogens is 374 g/mol. The Morgan fingerprint density at radius 2 is 1.75 bits per heavy atom. The molecule has 0 saturated heterocycles. The summed E-state index contributed by atoms with van der Waals surface area (Å²) < 4.78 is 5.61. The molecular formula is C17H20BrN3O3. The number of nitrogens with zero attached hydrogens (tertiary/aromatic N) is 2. The number of halogens is 1. The van der Waals surface area contributed by atoms with Gasteiger partial charge in [0.25, 0.3) is 5.91 Å². The zero-order chi connectivity index (χ0) is 17.7. The quantitative estimate of drug-likeness (QED) is 0.818. The largest absolute Gasteiger partial charge is 0.444 e.